The number of aryl methyl sites for hydroxylation is 1. The zero-order chi connectivity index (χ0) is 19.1. The molecule has 6 nitrogen and oxygen atoms in total. The molecule has 1 saturated heterocycles. The average Bonchev–Trinajstić information content (AvgIpc) is 2.95. The summed E-state index contributed by atoms with van der Waals surface area (Å²) in [6.45, 7) is 0.695. The largest absolute Gasteiger partial charge is 0.768 e. The summed E-state index contributed by atoms with van der Waals surface area (Å²) in [5.74, 6) is -0.583. The topological polar surface area (TPSA) is 80.8 Å². The molecule has 2 aromatic rings. The molecule has 4 rings (SSSR count). The summed E-state index contributed by atoms with van der Waals surface area (Å²) >= 11 is 3.73. The molecule has 0 bridgehead atoms. The van der Waals surface area contributed by atoms with Gasteiger partial charge in [0.25, 0.3) is 5.91 Å². The van der Waals surface area contributed by atoms with Crippen molar-refractivity contribution >= 4 is 45.9 Å². The molecule has 2 aliphatic heterocycles. The van der Waals surface area contributed by atoms with Crippen molar-refractivity contribution in [2.24, 2.45) is 0 Å². The van der Waals surface area contributed by atoms with Crippen LogP contribution in [0.15, 0.2) is 47.4 Å². The normalized spacial score (nSPS) is 20.7. The second kappa shape index (κ2) is 7.07. The van der Waals surface area contributed by atoms with Crippen LogP contribution in [-0.4, -0.2) is 33.2 Å². The van der Waals surface area contributed by atoms with E-state index in [2.05, 4.69) is 0 Å². The molecule has 2 unspecified atom stereocenters. The number of fused-ring (bicyclic) bond motifs is 1. The molecule has 2 amide bonds. The zero-order valence-corrected chi connectivity index (χ0v) is 15.8. The minimum absolute atomic E-state index is 0.0934. The molecule has 2 aromatic carbocycles. The summed E-state index contributed by atoms with van der Waals surface area (Å²) in [6, 6.07) is 10.8. The fourth-order valence-corrected chi connectivity index (χ4v) is 4.31. The van der Waals surface area contributed by atoms with Gasteiger partial charge in [0.1, 0.15) is 6.04 Å². The van der Waals surface area contributed by atoms with Crippen molar-refractivity contribution in [3.63, 3.8) is 0 Å². The molecule has 27 heavy (non-hydrogen) atoms. The number of carbonyl (C=O) groups is 2. The van der Waals surface area contributed by atoms with Gasteiger partial charge in [-0.3, -0.25) is 13.8 Å². The first-order valence-corrected chi connectivity index (χ1v) is 10.0. The van der Waals surface area contributed by atoms with E-state index in [1.54, 1.807) is 6.07 Å². The SMILES string of the molecule is O=C1CC(N2CCCc3cc(Cl)ccc32)C(=O)N1c1ccc(S(=O)[O-])cc1. The van der Waals surface area contributed by atoms with Gasteiger partial charge in [0.2, 0.25) is 5.91 Å². The Hall–Kier alpha value is -2.22. The van der Waals surface area contributed by atoms with Crippen LogP contribution < -0.4 is 9.80 Å². The number of imide groups is 1. The van der Waals surface area contributed by atoms with Crippen LogP contribution in [0.1, 0.15) is 18.4 Å². The van der Waals surface area contributed by atoms with Crippen molar-refractivity contribution < 1.29 is 18.4 Å². The smallest absolute Gasteiger partial charge is 0.256 e. The number of rotatable bonds is 3. The second-order valence-electron chi connectivity index (χ2n) is 6.59. The Labute approximate surface area is 164 Å². The lowest BCUT2D eigenvalue weighted by Crippen LogP contribution is -2.44. The van der Waals surface area contributed by atoms with Crippen LogP contribution in [-0.2, 0) is 27.1 Å². The lowest BCUT2D eigenvalue weighted by Gasteiger charge is -2.35. The van der Waals surface area contributed by atoms with E-state index in [0.717, 1.165) is 29.0 Å². The molecule has 0 spiro atoms. The van der Waals surface area contributed by atoms with Crippen LogP contribution in [0.4, 0.5) is 11.4 Å². The van der Waals surface area contributed by atoms with Crippen molar-refractivity contribution in [1.29, 1.82) is 0 Å². The monoisotopic (exact) mass is 403 g/mol. The highest BCUT2D eigenvalue weighted by atomic mass is 35.5. The molecular weight excluding hydrogens is 388 g/mol. The lowest BCUT2D eigenvalue weighted by atomic mass is 9.99. The highest BCUT2D eigenvalue weighted by Crippen LogP contribution is 2.35. The highest BCUT2D eigenvalue weighted by molar-refractivity contribution is 7.79. The third kappa shape index (κ3) is 3.26. The minimum atomic E-state index is -2.35. The lowest BCUT2D eigenvalue weighted by molar-refractivity contribution is -0.121. The molecule has 8 heteroatoms. The van der Waals surface area contributed by atoms with Gasteiger partial charge in [-0.2, -0.15) is 0 Å². The predicted molar refractivity (Wildman–Crippen MR) is 102 cm³/mol. The van der Waals surface area contributed by atoms with Crippen molar-refractivity contribution in [3.8, 4) is 0 Å². The summed E-state index contributed by atoms with van der Waals surface area (Å²) in [7, 11) is 0. The maximum absolute atomic E-state index is 13.0. The number of hydrogen-bond acceptors (Lipinski definition) is 5. The maximum atomic E-state index is 13.0. The summed E-state index contributed by atoms with van der Waals surface area (Å²) in [6.07, 6.45) is 1.87. The predicted octanol–water partition coefficient (Wildman–Crippen LogP) is 2.66. The Kier molecular flexibility index (Phi) is 4.75. The first-order chi connectivity index (χ1) is 13.0. The van der Waals surface area contributed by atoms with Gasteiger partial charge in [-0.05, 0) is 72.0 Å². The molecule has 2 aliphatic rings. The number of halogens is 1. The number of benzene rings is 2. The van der Waals surface area contributed by atoms with Crippen molar-refractivity contribution in [2.45, 2.75) is 30.2 Å². The van der Waals surface area contributed by atoms with Crippen LogP contribution in [0.2, 0.25) is 5.02 Å². The van der Waals surface area contributed by atoms with Gasteiger partial charge in [-0.15, -0.1) is 0 Å². The molecule has 0 N–H and O–H groups in total. The Morgan fingerprint density at radius 2 is 1.85 bits per heavy atom. The number of nitrogens with zero attached hydrogens (tertiary/aromatic N) is 2. The van der Waals surface area contributed by atoms with Gasteiger partial charge in [-0.25, -0.2) is 4.90 Å². The van der Waals surface area contributed by atoms with Crippen molar-refractivity contribution in [2.75, 3.05) is 16.3 Å². The van der Waals surface area contributed by atoms with Crippen LogP contribution in [0.3, 0.4) is 0 Å². The molecule has 2 atom stereocenters. The highest BCUT2D eigenvalue weighted by Gasteiger charge is 2.43. The minimum Gasteiger partial charge on any atom is -0.768 e. The molecular formula is C19H16ClN2O4S-. The molecule has 0 aromatic heterocycles. The Morgan fingerprint density at radius 3 is 2.56 bits per heavy atom. The van der Waals surface area contributed by atoms with Crippen LogP contribution in [0.25, 0.3) is 0 Å². The summed E-state index contributed by atoms with van der Waals surface area (Å²) in [4.78, 5) is 28.8. The van der Waals surface area contributed by atoms with E-state index in [1.807, 2.05) is 17.0 Å². The number of hydrogen-bond donors (Lipinski definition) is 0. The van der Waals surface area contributed by atoms with E-state index in [0.29, 0.717) is 17.3 Å². The van der Waals surface area contributed by atoms with Gasteiger partial charge in [0.15, 0.2) is 0 Å². The van der Waals surface area contributed by atoms with Gasteiger partial charge in [-0.1, -0.05) is 11.6 Å². The summed E-state index contributed by atoms with van der Waals surface area (Å²) in [5, 5.41) is 0.655. The molecule has 2 heterocycles. The number of carbonyl (C=O) groups excluding carboxylic acids is 2. The Morgan fingerprint density at radius 1 is 1.11 bits per heavy atom. The van der Waals surface area contributed by atoms with Gasteiger partial charge >= 0.3 is 0 Å². The molecule has 0 saturated carbocycles. The third-order valence-corrected chi connectivity index (χ3v) is 5.87. The van der Waals surface area contributed by atoms with Gasteiger partial charge in [0, 0.05) is 22.2 Å². The quantitative estimate of drug-likeness (QED) is 0.581. The van der Waals surface area contributed by atoms with Crippen LogP contribution in [0, 0.1) is 0 Å². The molecule has 0 aliphatic carbocycles. The van der Waals surface area contributed by atoms with Crippen LogP contribution in [0.5, 0.6) is 0 Å². The van der Waals surface area contributed by atoms with E-state index in [9.17, 15) is 18.4 Å². The number of amides is 2. The van der Waals surface area contributed by atoms with Crippen LogP contribution >= 0.6 is 11.6 Å². The Balaban J connectivity index is 1.63. The van der Waals surface area contributed by atoms with Crippen molar-refractivity contribution in [1.82, 2.24) is 0 Å². The van der Waals surface area contributed by atoms with Crippen molar-refractivity contribution in [3.05, 3.63) is 53.1 Å². The van der Waals surface area contributed by atoms with E-state index in [-0.39, 0.29) is 23.1 Å². The van der Waals surface area contributed by atoms with Gasteiger partial charge < -0.3 is 9.45 Å². The van der Waals surface area contributed by atoms with E-state index < -0.39 is 17.1 Å². The van der Waals surface area contributed by atoms with E-state index in [4.69, 9.17) is 11.6 Å². The Bertz CT molecular complexity index is 947. The fourth-order valence-electron chi connectivity index (χ4n) is 3.76. The first kappa shape index (κ1) is 18.2. The third-order valence-electron chi connectivity index (χ3n) is 4.98. The zero-order valence-electron chi connectivity index (χ0n) is 14.3. The average molecular weight is 404 g/mol. The van der Waals surface area contributed by atoms with E-state index in [1.165, 1.54) is 24.3 Å². The first-order valence-electron chi connectivity index (χ1n) is 8.57. The number of anilines is 2. The fraction of sp³-hybridized carbons (Fsp3) is 0.263. The van der Waals surface area contributed by atoms with E-state index >= 15 is 0 Å². The van der Waals surface area contributed by atoms with Gasteiger partial charge in [0.05, 0.1) is 12.1 Å². The standard InChI is InChI=1S/C19H17ClN2O4S/c20-13-3-8-16-12(10-13)2-1-9-21(16)17-11-18(23)22(19(17)24)14-4-6-15(7-5-14)27(25)26/h3-8,10,17H,1-2,9,11H2,(H,25,26)/p-1. The summed E-state index contributed by atoms with van der Waals surface area (Å²) in [5.41, 5.74) is 2.40. The molecule has 1 fully saturated rings. The summed E-state index contributed by atoms with van der Waals surface area (Å²) < 4.78 is 22.0. The molecule has 0 radical (unpaired) electrons. The molecule has 140 valence electrons. The maximum Gasteiger partial charge on any atom is 0.256 e. The second-order valence-corrected chi connectivity index (χ2v) is 7.96.